The molecule has 0 fully saturated rings. The maximum atomic E-state index is 5.56. The SMILES string of the molecule is Cc1ccc(-c2onc(C)c2-c2ccc(C)cc2)cc1. The third kappa shape index (κ3) is 2.25. The molecule has 0 aliphatic carbocycles. The zero-order valence-corrected chi connectivity index (χ0v) is 12.0. The van der Waals surface area contributed by atoms with Crippen LogP contribution in [0.3, 0.4) is 0 Å². The number of hydrogen-bond donors (Lipinski definition) is 0. The molecule has 20 heavy (non-hydrogen) atoms. The van der Waals surface area contributed by atoms with E-state index in [0.29, 0.717) is 0 Å². The molecule has 0 saturated carbocycles. The molecule has 0 unspecified atom stereocenters. The molecular formula is C18H17NO. The van der Waals surface area contributed by atoms with Crippen molar-refractivity contribution in [2.75, 3.05) is 0 Å². The molecule has 3 rings (SSSR count). The minimum atomic E-state index is 0.839. The van der Waals surface area contributed by atoms with Crippen LogP contribution in [0.2, 0.25) is 0 Å². The van der Waals surface area contributed by atoms with Crippen molar-refractivity contribution in [3.63, 3.8) is 0 Å². The Hall–Kier alpha value is -2.35. The molecule has 0 saturated heterocycles. The predicted molar refractivity (Wildman–Crippen MR) is 81.6 cm³/mol. The first-order chi connectivity index (χ1) is 9.65. The van der Waals surface area contributed by atoms with Gasteiger partial charge in [0.05, 0.1) is 11.3 Å². The Labute approximate surface area is 119 Å². The molecule has 0 bridgehead atoms. The van der Waals surface area contributed by atoms with Crippen LogP contribution in [0, 0.1) is 20.8 Å². The van der Waals surface area contributed by atoms with Crippen LogP contribution in [0.15, 0.2) is 53.1 Å². The quantitative estimate of drug-likeness (QED) is 0.655. The summed E-state index contributed by atoms with van der Waals surface area (Å²) in [6.45, 7) is 6.15. The topological polar surface area (TPSA) is 26.0 Å². The van der Waals surface area contributed by atoms with Crippen LogP contribution in [0.25, 0.3) is 22.5 Å². The van der Waals surface area contributed by atoms with Gasteiger partial charge >= 0.3 is 0 Å². The summed E-state index contributed by atoms with van der Waals surface area (Å²) >= 11 is 0. The number of hydrogen-bond acceptors (Lipinski definition) is 2. The molecule has 0 radical (unpaired) electrons. The van der Waals surface area contributed by atoms with Gasteiger partial charge in [-0.2, -0.15) is 0 Å². The smallest absolute Gasteiger partial charge is 0.174 e. The average molecular weight is 263 g/mol. The largest absolute Gasteiger partial charge is 0.355 e. The minimum absolute atomic E-state index is 0.839. The number of benzene rings is 2. The van der Waals surface area contributed by atoms with Crippen molar-refractivity contribution >= 4 is 0 Å². The lowest BCUT2D eigenvalue weighted by molar-refractivity contribution is 0.427. The van der Waals surface area contributed by atoms with E-state index in [1.165, 1.54) is 11.1 Å². The van der Waals surface area contributed by atoms with Crippen molar-refractivity contribution in [1.82, 2.24) is 5.16 Å². The second kappa shape index (κ2) is 4.97. The van der Waals surface area contributed by atoms with Crippen molar-refractivity contribution in [3.05, 3.63) is 65.4 Å². The van der Waals surface area contributed by atoms with Crippen LogP contribution in [0.5, 0.6) is 0 Å². The van der Waals surface area contributed by atoms with E-state index in [9.17, 15) is 0 Å². The van der Waals surface area contributed by atoms with E-state index in [-0.39, 0.29) is 0 Å². The summed E-state index contributed by atoms with van der Waals surface area (Å²) in [6, 6.07) is 16.8. The third-order valence-electron chi connectivity index (χ3n) is 3.52. The summed E-state index contributed by atoms with van der Waals surface area (Å²) in [5.74, 6) is 0.839. The number of aryl methyl sites for hydroxylation is 3. The maximum absolute atomic E-state index is 5.56. The van der Waals surface area contributed by atoms with Crippen LogP contribution < -0.4 is 0 Å². The van der Waals surface area contributed by atoms with E-state index in [2.05, 4.69) is 67.5 Å². The standard InChI is InChI=1S/C18H17NO/c1-12-4-8-15(9-5-12)17-14(3)19-20-18(17)16-10-6-13(2)7-11-16/h4-11H,1-3H3. The normalized spacial score (nSPS) is 10.8. The summed E-state index contributed by atoms with van der Waals surface area (Å²) in [7, 11) is 0. The molecule has 100 valence electrons. The molecule has 0 aliphatic rings. The van der Waals surface area contributed by atoms with Crippen LogP contribution in [0.4, 0.5) is 0 Å². The molecule has 3 aromatic rings. The number of aromatic nitrogens is 1. The summed E-state index contributed by atoms with van der Waals surface area (Å²) in [4.78, 5) is 0. The molecule has 1 aromatic heterocycles. The van der Waals surface area contributed by atoms with E-state index in [1.54, 1.807) is 0 Å². The first-order valence-corrected chi connectivity index (χ1v) is 6.75. The summed E-state index contributed by atoms with van der Waals surface area (Å²) < 4.78 is 5.56. The fourth-order valence-corrected chi connectivity index (χ4v) is 2.33. The summed E-state index contributed by atoms with van der Waals surface area (Å²) in [5.41, 5.74) is 6.69. The van der Waals surface area contributed by atoms with Crippen LogP contribution in [-0.2, 0) is 0 Å². The van der Waals surface area contributed by atoms with Gasteiger partial charge in [-0.05, 0) is 26.3 Å². The molecule has 0 N–H and O–H groups in total. The lowest BCUT2D eigenvalue weighted by Crippen LogP contribution is -1.84. The lowest BCUT2D eigenvalue weighted by Gasteiger charge is -2.04. The Morgan fingerprint density at radius 2 is 1.20 bits per heavy atom. The zero-order chi connectivity index (χ0) is 14.1. The second-order valence-electron chi connectivity index (χ2n) is 5.20. The van der Waals surface area contributed by atoms with Crippen molar-refractivity contribution in [3.8, 4) is 22.5 Å². The fourth-order valence-electron chi connectivity index (χ4n) is 2.33. The van der Waals surface area contributed by atoms with Gasteiger partial charge in [0.2, 0.25) is 0 Å². The van der Waals surface area contributed by atoms with E-state index in [4.69, 9.17) is 4.52 Å². The minimum Gasteiger partial charge on any atom is -0.355 e. The van der Waals surface area contributed by atoms with Gasteiger partial charge < -0.3 is 4.52 Å². The molecular weight excluding hydrogens is 246 g/mol. The van der Waals surface area contributed by atoms with Gasteiger partial charge in [-0.3, -0.25) is 0 Å². The second-order valence-corrected chi connectivity index (χ2v) is 5.20. The van der Waals surface area contributed by atoms with Gasteiger partial charge in [0.25, 0.3) is 0 Å². The van der Waals surface area contributed by atoms with E-state index in [1.807, 2.05) is 6.92 Å². The Balaban J connectivity index is 2.14. The van der Waals surface area contributed by atoms with Crippen LogP contribution >= 0.6 is 0 Å². The molecule has 2 heteroatoms. The van der Waals surface area contributed by atoms with Crippen molar-refractivity contribution in [1.29, 1.82) is 0 Å². The number of nitrogens with zero attached hydrogens (tertiary/aromatic N) is 1. The van der Waals surface area contributed by atoms with Crippen molar-refractivity contribution < 1.29 is 4.52 Å². The fraction of sp³-hybridized carbons (Fsp3) is 0.167. The summed E-state index contributed by atoms with van der Waals surface area (Å²) in [5, 5.41) is 4.14. The van der Waals surface area contributed by atoms with E-state index in [0.717, 1.165) is 28.1 Å². The average Bonchev–Trinajstić information content (AvgIpc) is 2.83. The number of rotatable bonds is 2. The lowest BCUT2D eigenvalue weighted by atomic mass is 9.98. The van der Waals surface area contributed by atoms with Crippen molar-refractivity contribution in [2.24, 2.45) is 0 Å². The predicted octanol–water partition coefficient (Wildman–Crippen LogP) is 4.93. The van der Waals surface area contributed by atoms with Crippen LogP contribution in [0.1, 0.15) is 16.8 Å². The zero-order valence-electron chi connectivity index (χ0n) is 12.0. The Bertz CT molecular complexity index is 721. The first kappa shape index (κ1) is 12.7. The molecule has 0 atom stereocenters. The van der Waals surface area contributed by atoms with Crippen LogP contribution in [-0.4, -0.2) is 5.16 Å². The Morgan fingerprint density at radius 3 is 1.75 bits per heavy atom. The highest BCUT2D eigenvalue weighted by Crippen LogP contribution is 2.34. The van der Waals surface area contributed by atoms with E-state index < -0.39 is 0 Å². The first-order valence-electron chi connectivity index (χ1n) is 6.75. The highest BCUT2D eigenvalue weighted by molar-refractivity contribution is 5.81. The van der Waals surface area contributed by atoms with Gasteiger partial charge in [-0.1, -0.05) is 64.8 Å². The van der Waals surface area contributed by atoms with Gasteiger partial charge in [0, 0.05) is 5.56 Å². The monoisotopic (exact) mass is 263 g/mol. The van der Waals surface area contributed by atoms with Gasteiger partial charge in [0.1, 0.15) is 0 Å². The highest BCUT2D eigenvalue weighted by atomic mass is 16.5. The van der Waals surface area contributed by atoms with Gasteiger partial charge in [-0.25, -0.2) is 0 Å². The molecule has 2 nitrogen and oxygen atoms in total. The molecule has 0 spiro atoms. The third-order valence-corrected chi connectivity index (χ3v) is 3.52. The van der Waals surface area contributed by atoms with Crippen molar-refractivity contribution in [2.45, 2.75) is 20.8 Å². The molecule has 0 aliphatic heterocycles. The van der Waals surface area contributed by atoms with Gasteiger partial charge in [0.15, 0.2) is 5.76 Å². The Morgan fingerprint density at radius 1 is 0.700 bits per heavy atom. The van der Waals surface area contributed by atoms with E-state index >= 15 is 0 Å². The van der Waals surface area contributed by atoms with Gasteiger partial charge in [-0.15, -0.1) is 0 Å². The molecule has 1 heterocycles. The molecule has 2 aromatic carbocycles. The Kier molecular flexibility index (Phi) is 3.15. The maximum Gasteiger partial charge on any atom is 0.174 e. The molecule has 0 amide bonds. The highest BCUT2D eigenvalue weighted by Gasteiger charge is 2.16. The summed E-state index contributed by atoms with van der Waals surface area (Å²) in [6.07, 6.45) is 0.